The molecule has 2 N–H and O–H groups in total. The number of hydrogen-bond donors (Lipinski definition) is 2. The number of anilines is 1. The van der Waals surface area contributed by atoms with Crippen LogP contribution in [0.4, 0.5) is 5.69 Å². The summed E-state index contributed by atoms with van der Waals surface area (Å²) in [6.45, 7) is 4.49. The quantitative estimate of drug-likeness (QED) is 0.714. The molecule has 7 heteroatoms. The summed E-state index contributed by atoms with van der Waals surface area (Å²) in [7, 11) is 0. The van der Waals surface area contributed by atoms with E-state index in [2.05, 4.69) is 17.2 Å². The Hall–Kier alpha value is -3.12. The van der Waals surface area contributed by atoms with Gasteiger partial charge in [-0.1, -0.05) is 29.8 Å². The molecule has 2 aromatic carbocycles. The fraction of sp³-hybridized carbons (Fsp3) is 0.227. The van der Waals surface area contributed by atoms with Crippen LogP contribution in [0.5, 0.6) is 0 Å². The predicted octanol–water partition coefficient (Wildman–Crippen LogP) is 3.50. The molecule has 0 radical (unpaired) electrons. The highest BCUT2D eigenvalue weighted by atomic mass is 35.5. The minimum atomic E-state index is -0.470. The first-order valence-corrected chi connectivity index (χ1v) is 9.74. The first-order chi connectivity index (χ1) is 14.0. The zero-order valence-corrected chi connectivity index (χ0v) is 16.6. The van der Waals surface area contributed by atoms with E-state index in [0.29, 0.717) is 41.3 Å². The van der Waals surface area contributed by atoms with Gasteiger partial charge in [-0.3, -0.25) is 14.4 Å². The van der Waals surface area contributed by atoms with Crippen molar-refractivity contribution in [2.75, 3.05) is 18.4 Å². The van der Waals surface area contributed by atoms with Crippen molar-refractivity contribution in [2.24, 2.45) is 0 Å². The normalized spacial score (nSPS) is 15.6. The van der Waals surface area contributed by atoms with Gasteiger partial charge in [0.25, 0.3) is 11.8 Å². The molecule has 1 aliphatic heterocycles. The number of benzene rings is 2. The molecule has 0 aliphatic carbocycles. The molecule has 0 aromatic heterocycles. The Kier molecular flexibility index (Phi) is 6.67. The van der Waals surface area contributed by atoms with Gasteiger partial charge in [0.15, 0.2) is 0 Å². The lowest BCUT2D eigenvalue weighted by Crippen LogP contribution is -2.46. The van der Waals surface area contributed by atoms with E-state index in [4.69, 9.17) is 11.6 Å². The van der Waals surface area contributed by atoms with Gasteiger partial charge in [-0.25, -0.2) is 0 Å². The second kappa shape index (κ2) is 9.39. The summed E-state index contributed by atoms with van der Waals surface area (Å²) in [6.07, 6.45) is 3.03. The SMILES string of the molecule is C=CCNC(=O)[C@@H]1CCCN1C(=O)c1ccc(NC(=O)c2ccccc2Cl)cc1. The third-order valence-electron chi connectivity index (χ3n) is 4.75. The monoisotopic (exact) mass is 411 g/mol. The van der Waals surface area contributed by atoms with Crippen molar-refractivity contribution in [3.63, 3.8) is 0 Å². The third kappa shape index (κ3) is 4.84. The first-order valence-electron chi connectivity index (χ1n) is 9.37. The lowest BCUT2D eigenvalue weighted by atomic mass is 10.1. The van der Waals surface area contributed by atoms with Gasteiger partial charge in [-0.15, -0.1) is 6.58 Å². The number of halogens is 1. The Morgan fingerprint density at radius 1 is 1.14 bits per heavy atom. The molecule has 3 amide bonds. The summed E-state index contributed by atoms with van der Waals surface area (Å²) < 4.78 is 0. The maximum absolute atomic E-state index is 12.9. The molecule has 0 saturated carbocycles. The minimum absolute atomic E-state index is 0.167. The van der Waals surface area contributed by atoms with E-state index in [-0.39, 0.29) is 17.7 Å². The topological polar surface area (TPSA) is 78.5 Å². The van der Waals surface area contributed by atoms with Crippen LogP contribution in [0.2, 0.25) is 5.02 Å². The van der Waals surface area contributed by atoms with E-state index in [0.717, 1.165) is 6.42 Å². The number of nitrogens with one attached hydrogen (secondary N) is 2. The van der Waals surface area contributed by atoms with Gasteiger partial charge in [0.1, 0.15) is 6.04 Å². The van der Waals surface area contributed by atoms with Crippen LogP contribution in [0.1, 0.15) is 33.6 Å². The summed E-state index contributed by atoms with van der Waals surface area (Å²) in [5.74, 6) is -0.697. The summed E-state index contributed by atoms with van der Waals surface area (Å²) in [4.78, 5) is 39.1. The van der Waals surface area contributed by atoms with Crippen LogP contribution in [0.3, 0.4) is 0 Å². The van der Waals surface area contributed by atoms with Gasteiger partial charge in [0, 0.05) is 24.3 Å². The second-order valence-corrected chi connectivity index (χ2v) is 7.11. The summed E-state index contributed by atoms with van der Waals surface area (Å²) in [5, 5.41) is 5.88. The Morgan fingerprint density at radius 2 is 1.86 bits per heavy atom. The average Bonchev–Trinajstić information content (AvgIpc) is 3.22. The standard InChI is InChI=1S/C22H22ClN3O3/c1-2-13-24-21(28)19-8-5-14-26(19)22(29)15-9-11-16(12-10-15)25-20(27)17-6-3-4-7-18(17)23/h2-4,6-7,9-12,19H,1,5,8,13-14H2,(H,24,28)(H,25,27)/t19-/m0/s1. The number of rotatable bonds is 6. The molecule has 1 heterocycles. The number of carbonyl (C=O) groups excluding carboxylic acids is 3. The first kappa shape index (κ1) is 20.6. The van der Waals surface area contributed by atoms with Crippen LogP contribution in [0, 0.1) is 0 Å². The molecule has 150 valence electrons. The minimum Gasteiger partial charge on any atom is -0.351 e. The number of hydrogen-bond acceptors (Lipinski definition) is 3. The van der Waals surface area contributed by atoms with Crippen LogP contribution in [-0.4, -0.2) is 41.8 Å². The average molecular weight is 412 g/mol. The van der Waals surface area contributed by atoms with E-state index < -0.39 is 6.04 Å². The van der Waals surface area contributed by atoms with Crippen molar-refractivity contribution in [3.8, 4) is 0 Å². The van der Waals surface area contributed by atoms with E-state index in [1.165, 1.54) is 0 Å². The highest BCUT2D eigenvalue weighted by Crippen LogP contribution is 2.22. The maximum atomic E-state index is 12.9. The van der Waals surface area contributed by atoms with Crippen LogP contribution in [0.15, 0.2) is 61.2 Å². The van der Waals surface area contributed by atoms with Gasteiger partial charge in [0.05, 0.1) is 10.6 Å². The summed E-state index contributed by atoms with van der Waals surface area (Å²) in [5.41, 5.74) is 1.39. The zero-order chi connectivity index (χ0) is 20.8. The lowest BCUT2D eigenvalue weighted by molar-refractivity contribution is -0.124. The molecule has 0 unspecified atom stereocenters. The Balaban J connectivity index is 1.67. The fourth-order valence-electron chi connectivity index (χ4n) is 3.28. The van der Waals surface area contributed by atoms with Crippen LogP contribution in [0.25, 0.3) is 0 Å². The molecule has 1 atom stereocenters. The van der Waals surface area contributed by atoms with Gasteiger partial charge in [-0.05, 0) is 49.2 Å². The highest BCUT2D eigenvalue weighted by molar-refractivity contribution is 6.34. The maximum Gasteiger partial charge on any atom is 0.257 e. The predicted molar refractivity (Wildman–Crippen MR) is 113 cm³/mol. The van der Waals surface area contributed by atoms with Crippen molar-refractivity contribution in [1.29, 1.82) is 0 Å². The lowest BCUT2D eigenvalue weighted by Gasteiger charge is -2.24. The second-order valence-electron chi connectivity index (χ2n) is 6.70. The van der Waals surface area contributed by atoms with Gasteiger partial charge < -0.3 is 15.5 Å². The molecule has 1 saturated heterocycles. The third-order valence-corrected chi connectivity index (χ3v) is 5.07. The van der Waals surface area contributed by atoms with Crippen molar-refractivity contribution < 1.29 is 14.4 Å². The number of likely N-dealkylation sites (tertiary alicyclic amines) is 1. The van der Waals surface area contributed by atoms with Crippen LogP contribution in [-0.2, 0) is 4.79 Å². The number of carbonyl (C=O) groups is 3. The van der Waals surface area contributed by atoms with Crippen molar-refractivity contribution >= 4 is 35.0 Å². The van der Waals surface area contributed by atoms with Crippen molar-refractivity contribution in [3.05, 3.63) is 77.3 Å². The van der Waals surface area contributed by atoms with Gasteiger partial charge >= 0.3 is 0 Å². The van der Waals surface area contributed by atoms with E-state index >= 15 is 0 Å². The Labute approximate surface area is 174 Å². The highest BCUT2D eigenvalue weighted by Gasteiger charge is 2.34. The van der Waals surface area contributed by atoms with Gasteiger partial charge in [0.2, 0.25) is 5.91 Å². The molecule has 29 heavy (non-hydrogen) atoms. The van der Waals surface area contributed by atoms with Gasteiger partial charge in [-0.2, -0.15) is 0 Å². The zero-order valence-electron chi connectivity index (χ0n) is 15.9. The summed E-state index contributed by atoms with van der Waals surface area (Å²) >= 11 is 6.05. The van der Waals surface area contributed by atoms with Crippen LogP contribution >= 0.6 is 11.6 Å². The smallest absolute Gasteiger partial charge is 0.257 e. The fourth-order valence-corrected chi connectivity index (χ4v) is 3.50. The largest absolute Gasteiger partial charge is 0.351 e. The molecule has 0 spiro atoms. The molecule has 3 rings (SSSR count). The Bertz CT molecular complexity index is 927. The number of amides is 3. The molecule has 6 nitrogen and oxygen atoms in total. The van der Waals surface area contributed by atoms with E-state index in [1.54, 1.807) is 59.5 Å². The number of nitrogens with zero attached hydrogens (tertiary/aromatic N) is 1. The summed E-state index contributed by atoms with van der Waals surface area (Å²) in [6, 6.07) is 12.9. The molecular formula is C22H22ClN3O3. The molecular weight excluding hydrogens is 390 g/mol. The Morgan fingerprint density at radius 3 is 2.55 bits per heavy atom. The van der Waals surface area contributed by atoms with Crippen molar-refractivity contribution in [1.82, 2.24) is 10.2 Å². The van der Waals surface area contributed by atoms with Crippen molar-refractivity contribution in [2.45, 2.75) is 18.9 Å². The van der Waals surface area contributed by atoms with Crippen LogP contribution < -0.4 is 10.6 Å². The van der Waals surface area contributed by atoms with E-state index in [9.17, 15) is 14.4 Å². The molecule has 1 fully saturated rings. The molecule has 0 bridgehead atoms. The van der Waals surface area contributed by atoms with E-state index in [1.807, 2.05) is 0 Å². The molecule has 1 aliphatic rings. The molecule has 2 aromatic rings.